The number of hydrogen-bond donors (Lipinski definition) is 3. The number of fused-ring (bicyclic) bond motifs is 1. The predicted octanol–water partition coefficient (Wildman–Crippen LogP) is -2.44. The van der Waals surface area contributed by atoms with Gasteiger partial charge in [0.2, 0.25) is 0 Å². The average Bonchev–Trinajstić information content (AvgIpc) is 3.09. The molecule has 2 aromatic rings. The Bertz CT molecular complexity index is 815. The van der Waals surface area contributed by atoms with Gasteiger partial charge in [-0.25, -0.2) is 9.97 Å². The van der Waals surface area contributed by atoms with E-state index in [-0.39, 0.29) is 11.2 Å². The minimum absolute atomic E-state index is 0.0474. The molecule has 130 valence electrons. The number of aliphatic hydroxyl groups is 3. The normalized spacial score (nSPS) is 27.4. The van der Waals surface area contributed by atoms with Crippen molar-refractivity contribution in [3.8, 4) is 0 Å². The Kier molecular flexibility index (Phi) is 4.32. The van der Waals surface area contributed by atoms with Crippen LogP contribution in [0.1, 0.15) is 6.23 Å². The van der Waals surface area contributed by atoms with Crippen LogP contribution in [-0.4, -0.2) is 84.8 Å². The molecule has 11 nitrogen and oxygen atoms in total. The van der Waals surface area contributed by atoms with Gasteiger partial charge in [0.25, 0.3) is 0 Å². The van der Waals surface area contributed by atoms with Gasteiger partial charge in [0.15, 0.2) is 17.4 Å². The molecule has 1 fully saturated rings. The third-order valence-corrected chi connectivity index (χ3v) is 3.67. The summed E-state index contributed by atoms with van der Waals surface area (Å²) in [4.78, 5) is 22.2. The summed E-state index contributed by atoms with van der Waals surface area (Å²) in [5.41, 5.74) is -0.249. The maximum Gasteiger partial charge on any atom is 0.302 e. The molecule has 2 aromatic heterocycles. The molecule has 0 amide bonds. The first-order valence-corrected chi connectivity index (χ1v) is 7.21. The zero-order valence-corrected chi connectivity index (χ0v) is 13.1. The van der Waals surface area contributed by atoms with Gasteiger partial charge in [0.05, 0.1) is 12.9 Å². The van der Waals surface area contributed by atoms with E-state index < -0.39 is 36.7 Å². The lowest BCUT2D eigenvalue weighted by Gasteiger charge is -2.16. The molecule has 24 heavy (non-hydrogen) atoms. The number of ether oxygens (including phenoxy) is 1. The Hall–Kier alpha value is -2.34. The number of aliphatic hydroxyl groups excluding tert-OH is 3. The highest BCUT2D eigenvalue weighted by molar-refractivity contribution is 5.69. The van der Waals surface area contributed by atoms with E-state index in [2.05, 4.69) is 15.1 Å². The SMILES string of the molecule is CN(C)/C=N/n1cnc2c(ncn2[C@@H]2O[C@@H](CO)[C@@H](O)[C@H]2O)c1=O. The van der Waals surface area contributed by atoms with E-state index in [0.29, 0.717) is 0 Å². The van der Waals surface area contributed by atoms with E-state index in [1.54, 1.807) is 19.0 Å². The Morgan fingerprint density at radius 2 is 2.08 bits per heavy atom. The first-order valence-electron chi connectivity index (χ1n) is 7.21. The van der Waals surface area contributed by atoms with Crippen LogP contribution < -0.4 is 5.56 Å². The van der Waals surface area contributed by atoms with Crippen molar-refractivity contribution in [2.45, 2.75) is 24.5 Å². The highest BCUT2D eigenvalue weighted by Gasteiger charge is 2.44. The maximum absolute atomic E-state index is 12.4. The summed E-state index contributed by atoms with van der Waals surface area (Å²) >= 11 is 0. The fourth-order valence-electron chi connectivity index (χ4n) is 2.44. The highest BCUT2D eigenvalue weighted by atomic mass is 16.6. The fraction of sp³-hybridized carbons (Fsp3) is 0.538. The molecule has 1 saturated heterocycles. The van der Waals surface area contributed by atoms with Crippen LogP contribution in [0, 0.1) is 0 Å². The van der Waals surface area contributed by atoms with E-state index in [0.717, 1.165) is 4.68 Å². The summed E-state index contributed by atoms with van der Waals surface area (Å²) in [7, 11) is 3.52. The molecule has 1 aliphatic rings. The number of nitrogens with zero attached hydrogens (tertiary/aromatic N) is 6. The summed E-state index contributed by atoms with van der Waals surface area (Å²) in [5, 5.41) is 33.0. The van der Waals surface area contributed by atoms with Crippen LogP contribution in [0.25, 0.3) is 11.2 Å². The number of hydrogen-bond acceptors (Lipinski definition) is 8. The molecular formula is C13H18N6O5. The molecule has 0 spiro atoms. The van der Waals surface area contributed by atoms with Gasteiger partial charge in [-0.15, -0.1) is 0 Å². The van der Waals surface area contributed by atoms with Crippen LogP contribution in [0.4, 0.5) is 0 Å². The molecule has 0 aromatic carbocycles. The standard InChI is InChI=1S/C13H18N6O5/c1-17(2)6-16-19-5-15-11-8(12(19)23)14-4-18(11)13-10(22)9(21)7(3-20)24-13/h4-7,9-10,13,20-22H,3H2,1-2H3/b16-6+/t7-,9+,10+,13+/m0/s1. The third kappa shape index (κ3) is 2.67. The molecule has 0 bridgehead atoms. The summed E-state index contributed by atoms with van der Waals surface area (Å²) in [6.45, 7) is -0.444. The second-order valence-corrected chi connectivity index (χ2v) is 5.64. The molecule has 0 saturated carbocycles. The Morgan fingerprint density at radius 1 is 1.33 bits per heavy atom. The van der Waals surface area contributed by atoms with Gasteiger partial charge in [0.1, 0.15) is 31.0 Å². The molecular weight excluding hydrogens is 320 g/mol. The van der Waals surface area contributed by atoms with Crippen molar-refractivity contribution in [2.24, 2.45) is 5.10 Å². The minimum Gasteiger partial charge on any atom is -0.394 e. The van der Waals surface area contributed by atoms with E-state index in [9.17, 15) is 15.0 Å². The summed E-state index contributed by atoms with van der Waals surface area (Å²) in [6, 6.07) is 0. The lowest BCUT2D eigenvalue weighted by Crippen LogP contribution is -2.33. The van der Waals surface area contributed by atoms with Crippen molar-refractivity contribution in [1.82, 2.24) is 24.1 Å². The predicted molar refractivity (Wildman–Crippen MR) is 82.4 cm³/mol. The van der Waals surface area contributed by atoms with Crippen molar-refractivity contribution in [3.05, 3.63) is 23.0 Å². The minimum atomic E-state index is -1.28. The van der Waals surface area contributed by atoms with Crippen molar-refractivity contribution < 1.29 is 20.1 Å². The summed E-state index contributed by atoms with van der Waals surface area (Å²) < 4.78 is 7.81. The average molecular weight is 338 g/mol. The van der Waals surface area contributed by atoms with Gasteiger partial charge in [-0.05, 0) is 0 Å². The molecule has 11 heteroatoms. The lowest BCUT2D eigenvalue weighted by molar-refractivity contribution is -0.0511. The van der Waals surface area contributed by atoms with Crippen LogP contribution in [0.3, 0.4) is 0 Å². The van der Waals surface area contributed by atoms with Gasteiger partial charge in [-0.1, -0.05) is 0 Å². The van der Waals surface area contributed by atoms with Crippen LogP contribution in [-0.2, 0) is 4.74 Å². The van der Waals surface area contributed by atoms with E-state index in [1.165, 1.54) is 23.6 Å². The first-order chi connectivity index (χ1) is 11.4. The smallest absolute Gasteiger partial charge is 0.302 e. The quantitative estimate of drug-likeness (QED) is 0.413. The van der Waals surface area contributed by atoms with E-state index in [1.807, 2.05) is 0 Å². The van der Waals surface area contributed by atoms with Crippen LogP contribution in [0.2, 0.25) is 0 Å². The van der Waals surface area contributed by atoms with Crippen molar-refractivity contribution in [2.75, 3.05) is 20.7 Å². The summed E-state index contributed by atoms with van der Waals surface area (Å²) in [5.74, 6) is 0. The molecule has 3 heterocycles. The number of rotatable bonds is 4. The summed E-state index contributed by atoms with van der Waals surface area (Å²) in [6.07, 6.45) is -0.498. The van der Waals surface area contributed by atoms with Crippen molar-refractivity contribution in [3.63, 3.8) is 0 Å². The molecule has 3 rings (SSSR count). The van der Waals surface area contributed by atoms with Gasteiger partial charge < -0.3 is 25.0 Å². The van der Waals surface area contributed by atoms with Crippen LogP contribution >= 0.6 is 0 Å². The third-order valence-electron chi connectivity index (χ3n) is 3.67. The first kappa shape index (κ1) is 16.5. The Balaban J connectivity index is 2.00. The second-order valence-electron chi connectivity index (χ2n) is 5.64. The molecule has 0 radical (unpaired) electrons. The van der Waals surface area contributed by atoms with Crippen molar-refractivity contribution in [1.29, 1.82) is 0 Å². The van der Waals surface area contributed by atoms with Gasteiger partial charge in [-0.2, -0.15) is 9.78 Å². The van der Waals surface area contributed by atoms with Gasteiger partial charge >= 0.3 is 5.56 Å². The number of aromatic nitrogens is 4. The topological polar surface area (TPSA) is 138 Å². The molecule has 4 atom stereocenters. The lowest BCUT2D eigenvalue weighted by atomic mass is 10.1. The van der Waals surface area contributed by atoms with E-state index >= 15 is 0 Å². The van der Waals surface area contributed by atoms with Gasteiger partial charge in [0, 0.05) is 14.1 Å². The molecule has 1 aliphatic heterocycles. The monoisotopic (exact) mass is 338 g/mol. The van der Waals surface area contributed by atoms with Crippen LogP contribution in [0.15, 0.2) is 22.6 Å². The second kappa shape index (κ2) is 6.28. The Morgan fingerprint density at radius 3 is 2.71 bits per heavy atom. The van der Waals surface area contributed by atoms with E-state index in [4.69, 9.17) is 9.84 Å². The largest absolute Gasteiger partial charge is 0.394 e. The van der Waals surface area contributed by atoms with Crippen molar-refractivity contribution >= 4 is 17.5 Å². The van der Waals surface area contributed by atoms with Gasteiger partial charge in [-0.3, -0.25) is 9.36 Å². The zero-order chi connectivity index (χ0) is 17.4. The highest BCUT2D eigenvalue weighted by Crippen LogP contribution is 2.30. The molecule has 3 N–H and O–H groups in total. The zero-order valence-electron chi connectivity index (χ0n) is 13.1. The Labute approximate surface area is 136 Å². The maximum atomic E-state index is 12.4. The molecule has 0 unspecified atom stereocenters. The molecule has 0 aliphatic carbocycles. The number of imidazole rings is 1. The fourth-order valence-corrected chi connectivity index (χ4v) is 2.44. The van der Waals surface area contributed by atoms with Crippen LogP contribution in [0.5, 0.6) is 0 Å².